The van der Waals surface area contributed by atoms with Gasteiger partial charge in [0.2, 0.25) is 15.8 Å². The Kier molecular flexibility index (Phi) is 8.23. The molecule has 0 unspecified atom stereocenters. The third-order valence-electron chi connectivity index (χ3n) is 2.60. The van der Waals surface area contributed by atoms with Crippen LogP contribution < -0.4 is 14.8 Å². The quantitative estimate of drug-likeness (QED) is 0.409. The maximum atomic E-state index is 13.7. The number of methoxy groups -OCH3 is 1. The van der Waals surface area contributed by atoms with Crippen LogP contribution in [0.2, 0.25) is 0 Å². The van der Waals surface area contributed by atoms with Crippen LogP contribution in [0.5, 0.6) is 5.75 Å². The number of benzene rings is 1. The predicted octanol–water partition coefficient (Wildman–Crippen LogP) is 1.05. The van der Waals surface area contributed by atoms with Gasteiger partial charge in [-0.2, -0.15) is 0 Å². The summed E-state index contributed by atoms with van der Waals surface area (Å²) < 4.78 is 44.5. The number of rotatable bonds is 8. The zero-order chi connectivity index (χ0) is 16.0. The molecule has 0 radical (unpaired) electrons. The van der Waals surface area contributed by atoms with E-state index in [0.29, 0.717) is 19.0 Å². The summed E-state index contributed by atoms with van der Waals surface area (Å²) in [6.07, 6.45) is 0.524. The monoisotopic (exact) mass is 357 g/mol. The predicted molar refractivity (Wildman–Crippen MR) is 80.6 cm³/mol. The van der Waals surface area contributed by atoms with E-state index in [1.165, 1.54) is 0 Å². The van der Waals surface area contributed by atoms with E-state index in [-0.39, 0.29) is 19.0 Å². The van der Waals surface area contributed by atoms with Crippen molar-refractivity contribution in [3.05, 3.63) is 28.1 Å². The van der Waals surface area contributed by atoms with Gasteiger partial charge in [0.15, 0.2) is 5.82 Å². The second-order valence-corrected chi connectivity index (χ2v) is 5.84. The molecule has 0 aliphatic carbocycles. The van der Waals surface area contributed by atoms with Crippen molar-refractivity contribution in [1.82, 2.24) is 10.0 Å². The van der Waals surface area contributed by atoms with Crippen LogP contribution in [-0.2, 0) is 10.0 Å². The average Bonchev–Trinajstić information content (AvgIpc) is 2.42. The first-order valence-corrected chi connectivity index (χ1v) is 7.48. The van der Waals surface area contributed by atoms with Gasteiger partial charge in [-0.25, -0.2) is 17.5 Å². The van der Waals surface area contributed by atoms with Crippen LogP contribution in [0.4, 0.5) is 10.1 Å². The Morgan fingerprint density at radius 3 is 2.50 bits per heavy atom. The van der Waals surface area contributed by atoms with Crippen LogP contribution in [0, 0.1) is 15.9 Å². The number of nitro benzene ring substituents is 1. The fourth-order valence-electron chi connectivity index (χ4n) is 1.60. The number of hydrogen-bond acceptors (Lipinski definition) is 6. The van der Waals surface area contributed by atoms with Gasteiger partial charge in [-0.1, -0.05) is 0 Å². The van der Waals surface area contributed by atoms with Gasteiger partial charge < -0.3 is 10.1 Å². The maximum Gasteiger partial charge on any atom is 0.315 e. The first-order valence-electron chi connectivity index (χ1n) is 5.99. The van der Waals surface area contributed by atoms with Crippen LogP contribution >= 0.6 is 12.4 Å². The van der Waals surface area contributed by atoms with Crippen LogP contribution in [0.25, 0.3) is 0 Å². The largest absolute Gasteiger partial charge is 0.488 e. The molecule has 0 saturated heterocycles. The molecule has 0 heterocycles. The normalized spacial score (nSPS) is 10.9. The molecule has 2 N–H and O–H groups in total. The summed E-state index contributed by atoms with van der Waals surface area (Å²) >= 11 is 0. The lowest BCUT2D eigenvalue weighted by atomic mass is 10.3. The molecule has 1 aromatic carbocycles. The summed E-state index contributed by atoms with van der Waals surface area (Å²) in [5.74, 6) is -1.71. The zero-order valence-corrected chi connectivity index (χ0v) is 13.6. The molecule has 0 fully saturated rings. The highest BCUT2D eigenvalue weighted by atomic mass is 35.5. The van der Waals surface area contributed by atoms with Crippen molar-refractivity contribution in [1.29, 1.82) is 0 Å². The number of nitrogens with one attached hydrogen (secondary N) is 2. The van der Waals surface area contributed by atoms with Crippen molar-refractivity contribution in [2.45, 2.75) is 11.3 Å². The second kappa shape index (κ2) is 8.83. The van der Waals surface area contributed by atoms with Gasteiger partial charge in [0, 0.05) is 12.6 Å². The summed E-state index contributed by atoms with van der Waals surface area (Å²) in [7, 11) is -1.24. The maximum absolute atomic E-state index is 13.7. The SMILES string of the molecule is CNCCCNS(=O)(=O)c1cc(F)c(OC)c([N+](=O)[O-])c1.Cl. The van der Waals surface area contributed by atoms with Crippen molar-refractivity contribution >= 4 is 28.1 Å². The Morgan fingerprint density at radius 1 is 1.36 bits per heavy atom. The summed E-state index contributed by atoms with van der Waals surface area (Å²) in [5.41, 5.74) is -0.743. The first-order chi connectivity index (χ1) is 9.83. The van der Waals surface area contributed by atoms with Crippen molar-refractivity contribution in [3.8, 4) is 5.75 Å². The van der Waals surface area contributed by atoms with E-state index in [0.717, 1.165) is 13.2 Å². The van der Waals surface area contributed by atoms with E-state index < -0.39 is 37.1 Å². The summed E-state index contributed by atoms with van der Waals surface area (Å²) in [5, 5.41) is 13.7. The van der Waals surface area contributed by atoms with Gasteiger partial charge in [-0.05, 0) is 26.1 Å². The fourth-order valence-corrected chi connectivity index (χ4v) is 2.71. The molecule has 0 atom stereocenters. The van der Waals surface area contributed by atoms with E-state index >= 15 is 0 Å². The van der Waals surface area contributed by atoms with E-state index in [9.17, 15) is 22.9 Å². The molecule has 1 aromatic rings. The van der Waals surface area contributed by atoms with E-state index in [4.69, 9.17) is 0 Å². The molecule has 22 heavy (non-hydrogen) atoms. The Labute approximate surface area is 133 Å². The topological polar surface area (TPSA) is 111 Å². The molecule has 0 spiro atoms. The molecule has 1 rings (SSSR count). The Bertz CT molecular complexity index is 626. The van der Waals surface area contributed by atoms with Crippen LogP contribution in [0.1, 0.15) is 6.42 Å². The lowest BCUT2D eigenvalue weighted by Crippen LogP contribution is -2.27. The minimum atomic E-state index is -4.02. The van der Waals surface area contributed by atoms with Crippen LogP contribution in [0.15, 0.2) is 17.0 Å². The summed E-state index contributed by atoms with van der Waals surface area (Å²) in [6, 6.07) is 1.45. The Hall–Kier alpha value is -1.49. The summed E-state index contributed by atoms with van der Waals surface area (Å²) in [4.78, 5) is 9.43. The Balaban J connectivity index is 0.00000441. The van der Waals surface area contributed by atoms with E-state index in [1.807, 2.05) is 0 Å². The average molecular weight is 358 g/mol. The number of nitro groups is 1. The van der Waals surface area contributed by atoms with Crippen molar-refractivity contribution < 1.29 is 22.5 Å². The summed E-state index contributed by atoms with van der Waals surface area (Å²) in [6.45, 7) is 0.726. The number of halogens is 2. The zero-order valence-electron chi connectivity index (χ0n) is 12.0. The third kappa shape index (κ3) is 5.05. The minimum absolute atomic E-state index is 0. The molecule has 126 valence electrons. The van der Waals surface area contributed by atoms with Gasteiger partial charge in [-0.3, -0.25) is 10.1 Å². The molecule has 0 aromatic heterocycles. The molecule has 0 bridgehead atoms. The molecule has 8 nitrogen and oxygen atoms in total. The third-order valence-corrected chi connectivity index (χ3v) is 4.04. The van der Waals surface area contributed by atoms with Crippen molar-refractivity contribution in [3.63, 3.8) is 0 Å². The van der Waals surface area contributed by atoms with Gasteiger partial charge in [0.25, 0.3) is 0 Å². The van der Waals surface area contributed by atoms with Gasteiger partial charge in [0.05, 0.1) is 16.9 Å². The van der Waals surface area contributed by atoms with Crippen LogP contribution in [0.3, 0.4) is 0 Å². The van der Waals surface area contributed by atoms with Gasteiger partial charge in [-0.15, -0.1) is 12.4 Å². The molecule has 0 aliphatic heterocycles. The number of hydrogen-bond donors (Lipinski definition) is 2. The van der Waals surface area contributed by atoms with Crippen molar-refractivity contribution in [2.24, 2.45) is 0 Å². The highest BCUT2D eigenvalue weighted by Gasteiger charge is 2.25. The first kappa shape index (κ1) is 20.5. The van der Waals surface area contributed by atoms with E-state index in [2.05, 4.69) is 14.8 Å². The number of sulfonamides is 1. The standard InChI is InChI=1S/C11H16FN3O5S.ClH/c1-13-4-3-5-14-21(18,19)8-6-9(12)11(20-2)10(7-8)15(16)17;/h6-7,13-14H,3-5H2,1-2H3;1H. The lowest BCUT2D eigenvalue weighted by Gasteiger charge is -2.09. The molecular weight excluding hydrogens is 341 g/mol. The van der Waals surface area contributed by atoms with Crippen LogP contribution in [-0.4, -0.2) is 40.6 Å². The molecular formula is C11H17ClFN3O5S. The van der Waals surface area contributed by atoms with Gasteiger partial charge in [0.1, 0.15) is 0 Å². The molecule has 0 aliphatic rings. The molecule has 11 heteroatoms. The van der Waals surface area contributed by atoms with Crippen molar-refractivity contribution in [2.75, 3.05) is 27.2 Å². The number of nitrogens with zero attached hydrogens (tertiary/aromatic N) is 1. The van der Waals surface area contributed by atoms with E-state index in [1.54, 1.807) is 7.05 Å². The van der Waals surface area contributed by atoms with Gasteiger partial charge >= 0.3 is 5.69 Å². The smallest absolute Gasteiger partial charge is 0.315 e. The highest BCUT2D eigenvalue weighted by molar-refractivity contribution is 7.89. The molecule has 0 saturated carbocycles. The highest BCUT2D eigenvalue weighted by Crippen LogP contribution is 2.32. The Morgan fingerprint density at radius 2 is 2.00 bits per heavy atom. The minimum Gasteiger partial charge on any atom is -0.488 e. The lowest BCUT2D eigenvalue weighted by molar-refractivity contribution is -0.386. The molecule has 0 amide bonds. The number of ether oxygens (including phenoxy) is 1. The fraction of sp³-hybridized carbons (Fsp3) is 0.455. The second-order valence-electron chi connectivity index (χ2n) is 4.07.